The van der Waals surface area contributed by atoms with E-state index in [1.165, 1.54) is 11.5 Å². The molecule has 0 aromatic carbocycles. The first-order valence-electron chi connectivity index (χ1n) is 4.12. The normalized spacial score (nSPS) is 19.0. The van der Waals surface area contributed by atoms with Crippen molar-refractivity contribution in [3.63, 3.8) is 0 Å². The lowest BCUT2D eigenvalue weighted by atomic mass is 11.0. The van der Waals surface area contributed by atoms with Crippen LogP contribution in [0.5, 0.6) is 0 Å². The fourth-order valence-electron chi connectivity index (χ4n) is 0.639. The minimum Gasteiger partial charge on any atom is -0.292 e. The number of hydrogen-bond donors (Lipinski definition) is 1. The van der Waals surface area contributed by atoms with Gasteiger partial charge in [-0.15, -0.1) is 0 Å². The predicted octanol–water partition coefficient (Wildman–Crippen LogP) is 2.27. The summed E-state index contributed by atoms with van der Waals surface area (Å²) in [6, 6.07) is 0. The molecule has 0 aliphatic heterocycles. The average molecular weight is 198 g/mol. The summed E-state index contributed by atoms with van der Waals surface area (Å²) in [5.41, 5.74) is 0. The minimum absolute atomic E-state index is 0.263. The van der Waals surface area contributed by atoms with Crippen LogP contribution in [-0.2, 0) is 0 Å². The van der Waals surface area contributed by atoms with Gasteiger partial charge < -0.3 is 0 Å². The second kappa shape index (κ2) is 2.88. The molecule has 0 amide bonds. The van der Waals surface area contributed by atoms with Gasteiger partial charge in [-0.3, -0.25) is 9.16 Å². The molecule has 0 atom stereocenters. The third-order valence-electron chi connectivity index (χ3n) is 1.60. The van der Waals surface area contributed by atoms with E-state index < -0.39 is 9.16 Å². The van der Waals surface area contributed by atoms with Gasteiger partial charge >= 0.3 is 0 Å². The molecule has 0 aliphatic carbocycles. The van der Waals surface area contributed by atoms with Crippen molar-refractivity contribution in [1.82, 2.24) is 0 Å². The summed E-state index contributed by atoms with van der Waals surface area (Å²) in [6.45, 7) is 0. The summed E-state index contributed by atoms with van der Waals surface area (Å²) in [6.07, 6.45) is 17.1. The molecule has 74 valence electrons. The Morgan fingerprint density at radius 1 is 0.909 bits per heavy atom. The molecule has 0 bridgehead atoms. The number of rotatable bonds is 3. The summed E-state index contributed by atoms with van der Waals surface area (Å²) in [7, 11) is -1.46. The van der Waals surface area contributed by atoms with E-state index in [2.05, 4.69) is 43.8 Å². The molecule has 0 aromatic heterocycles. The second-order valence-electron chi connectivity index (χ2n) is 6.47. The molecule has 2 heteroatoms. The van der Waals surface area contributed by atoms with E-state index in [4.69, 9.17) is 0 Å². The van der Waals surface area contributed by atoms with Crippen LogP contribution in [0.15, 0.2) is 0 Å². The van der Waals surface area contributed by atoms with E-state index in [9.17, 15) is 0 Å². The summed E-state index contributed by atoms with van der Waals surface area (Å²) < 4.78 is 0. The quantitative estimate of drug-likeness (QED) is 0.661. The van der Waals surface area contributed by atoms with Crippen LogP contribution >= 0.6 is 19.2 Å². The van der Waals surface area contributed by atoms with E-state index in [-0.39, 0.29) is 10.0 Å². The number of thiol groups is 1. The Hall–Kier alpha value is 0.700. The lowest BCUT2D eigenvalue weighted by molar-refractivity contribution is 1.46. The molecule has 0 saturated carbocycles. The Labute approximate surface area is 74.7 Å². The van der Waals surface area contributed by atoms with Crippen molar-refractivity contribution in [2.45, 2.75) is 0 Å². The van der Waals surface area contributed by atoms with Crippen LogP contribution in [0.2, 0.25) is 0 Å². The number of hydrogen-bond acceptors (Lipinski definition) is 0. The topological polar surface area (TPSA) is 0 Å². The zero-order valence-electron chi connectivity index (χ0n) is 9.27. The van der Waals surface area contributed by atoms with Gasteiger partial charge in [0.25, 0.3) is 0 Å². The molecule has 0 aromatic rings. The molecular formula is C9H26S2. The highest BCUT2D eigenvalue weighted by molar-refractivity contribution is 8.48. The van der Waals surface area contributed by atoms with Gasteiger partial charge in [-0.2, -0.15) is 0 Å². The van der Waals surface area contributed by atoms with Gasteiger partial charge in [-0.1, -0.05) is 0 Å². The van der Waals surface area contributed by atoms with Crippen LogP contribution in [-0.4, -0.2) is 55.3 Å². The molecule has 0 spiro atoms. The van der Waals surface area contributed by atoms with Crippen LogP contribution in [0.3, 0.4) is 0 Å². The summed E-state index contributed by atoms with van der Waals surface area (Å²) in [4.78, 5) is 0. The van der Waals surface area contributed by atoms with E-state index in [0.29, 0.717) is 0 Å². The lowest BCUT2D eigenvalue weighted by Crippen LogP contribution is -2.20. The van der Waals surface area contributed by atoms with Crippen molar-refractivity contribution in [3.05, 3.63) is 0 Å². The maximum absolute atomic E-state index is 2.47. The van der Waals surface area contributed by atoms with Crippen molar-refractivity contribution in [1.29, 1.82) is 0 Å². The molecule has 0 N–H and O–H groups in total. The van der Waals surface area contributed by atoms with Crippen LogP contribution in [0.25, 0.3) is 0 Å². The van der Waals surface area contributed by atoms with Crippen LogP contribution < -0.4 is 0 Å². The molecule has 0 heterocycles. The molecule has 0 fully saturated rings. The minimum atomic E-state index is -1.20. The molecule has 0 unspecified atom stereocenters. The van der Waals surface area contributed by atoms with Gasteiger partial charge in [0, 0.05) is 0 Å². The van der Waals surface area contributed by atoms with Crippen molar-refractivity contribution < 1.29 is 0 Å². The van der Waals surface area contributed by atoms with Crippen molar-refractivity contribution in [2.24, 2.45) is 0 Å². The highest BCUT2D eigenvalue weighted by Crippen LogP contribution is 2.57. The van der Waals surface area contributed by atoms with Crippen LogP contribution in [0.1, 0.15) is 0 Å². The fraction of sp³-hybridized carbons (Fsp3) is 1.00. The average Bonchev–Trinajstić information content (AvgIpc) is 1.55. The molecule has 0 rings (SSSR count). The monoisotopic (exact) mass is 198 g/mol. The summed E-state index contributed by atoms with van der Waals surface area (Å²) in [5.74, 6) is 2.91. The van der Waals surface area contributed by atoms with E-state index in [1.54, 1.807) is 0 Å². The van der Waals surface area contributed by atoms with Crippen LogP contribution in [0, 0.1) is 0 Å². The standard InChI is InChI=1S/C9H26S2/c1-10(2,3)8-9-11(4,5,6)7/h11H,8-9H2,1-7H3. The van der Waals surface area contributed by atoms with E-state index in [1.807, 2.05) is 0 Å². The summed E-state index contributed by atoms with van der Waals surface area (Å²) in [5, 5.41) is 0. The Bertz CT molecular complexity index is 125. The van der Waals surface area contributed by atoms with Crippen molar-refractivity contribution >= 4 is 19.2 Å². The predicted molar refractivity (Wildman–Crippen MR) is 67.8 cm³/mol. The summed E-state index contributed by atoms with van der Waals surface area (Å²) >= 11 is 0. The highest BCUT2D eigenvalue weighted by atomic mass is 32.3. The van der Waals surface area contributed by atoms with Crippen LogP contribution in [0.4, 0.5) is 0 Å². The Kier molecular flexibility index (Phi) is 3.06. The molecule has 0 aliphatic rings. The van der Waals surface area contributed by atoms with Crippen molar-refractivity contribution in [2.75, 3.05) is 55.3 Å². The van der Waals surface area contributed by atoms with Gasteiger partial charge in [0.05, 0.1) is 0 Å². The maximum atomic E-state index is 2.47. The smallest absolute Gasteiger partial charge is 0.0172 e. The van der Waals surface area contributed by atoms with Gasteiger partial charge in [0.1, 0.15) is 0 Å². The third-order valence-corrected chi connectivity index (χ3v) is 5.34. The Morgan fingerprint density at radius 2 is 1.27 bits per heavy atom. The lowest BCUT2D eigenvalue weighted by Gasteiger charge is -2.49. The Morgan fingerprint density at radius 3 is 1.36 bits per heavy atom. The van der Waals surface area contributed by atoms with E-state index >= 15 is 0 Å². The van der Waals surface area contributed by atoms with Gasteiger partial charge in [-0.05, 0) is 55.3 Å². The fourth-order valence-corrected chi connectivity index (χ4v) is 5.75. The van der Waals surface area contributed by atoms with E-state index in [0.717, 1.165) is 0 Å². The molecule has 0 radical (unpaired) electrons. The molecular weight excluding hydrogens is 172 g/mol. The van der Waals surface area contributed by atoms with Gasteiger partial charge in [-0.25, -0.2) is 10.0 Å². The Balaban J connectivity index is 3.92. The first kappa shape index (κ1) is 11.7. The van der Waals surface area contributed by atoms with Crippen molar-refractivity contribution in [3.8, 4) is 0 Å². The zero-order valence-corrected chi connectivity index (χ0v) is 11.0. The van der Waals surface area contributed by atoms with Gasteiger partial charge in [0.2, 0.25) is 0 Å². The third kappa shape index (κ3) is 10.7. The second-order valence-corrected chi connectivity index (χ2v) is 19.4. The molecule has 0 saturated heterocycles. The SMILES string of the molecule is CS(C)(C)CC[SH](C)(C)(C)C. The molecule has 11 heavy (non-hydrogen) atoms. The molecule has 0 nitrogen and oxygen atoms in total. The highest BCUT2D eigenvalue weighted by Gasteiger charge is 2.20. The largest absolute Gasteiger partial charge is 0.292 e. The first-order valence-corrected chi connectivity index (χ1v) is 11.4. The first-order chi connectivity index (χ1) is 4.46. The maximum Gasteiger partial charge on any atom is -0.0172 e. The van der Waals surface area contributed by atoms with Gasteiger partial charge in [0.15, 0.2) is 0 Å². The zero-order chi connectivity index (χ0) is 9.36.